The van der Waals surface area contributed by atoms with Gasteiger partial charge in [-0.2, -0.15) is 0 Å². The molecule has 0 fully saturated rings. The first-order valence-corrected chi connectivity index (χ1v) is 5.55. The Kier molecular flexibility index (Phi) is 2.64. The number of aliphatic hydroxyl groups is 1. The van der Waals surface area contributed by atoms with Crippen LogP contribution in [-0.4, -0.2) is 18.5 Å². The second-order valence-electron chi connectivity index (χ2n) is 4.20. The Morgan fingerprint density at radius 1 is 1.40 bits per heavy atom. The van der Waals surface area contributed by atoms with Crippen LogP contribution in [0.2, 0.25) is 0 Å². The van der Waals surface area contributed by atoms with Crippen LogP contribution in [0.4, 0.5) is 0 Å². The molecule has 4 heteroatoms. The van der Waals surface area contributed by atoms with E-state index >= 15 is 0 Å². The molecule has 0 unspecified atom stereocenters. The Hall–Kier alpha value is -0.740. The summed E-state index contributed by atoms with van der Waals surface area (Å²) >= 11 is 3.48. The summed E-state index contributed by atoms with van der Waals surface area (Å²) < 4.78 is 11.7. The Bertz CT molecular complexity index is 388. The molecule has 0 radical (unpaired) electrons. The van der Waals surface area contributed by atoms with Crippen LogP contribution >= 0.6 is 15.9 Å². The zero-order valence-corrected chi connectivity index (χ0v) is 10.3. The zero-order chi connectivity index (χ0) is 11.1. The first kappa shape index (κ1) is 10.8. The number of rotatable bonds is 2. The Balaban J connectivity index is 2.60. The molecule has 15 heavy (non-hydrogen) atoms. The van der Waals surface area contributed by atoms with Crippen LogP contribution in [0.25, 0.3) is 0 Å². The number of hydrogen-bond donors (Lipinski definition) is 1. The minimum absolute atomic E-state index is 0.0609. The normalized spacial score (nSPS) is 14.4. The molecule has 0 saturated heterocycles. The highest BCUT2D eigenvalue weighted by Crippen LogP contribution is 2.45. The Morgan fingerprint density at radius 2 is 2.13 bits per heavy atom. The summed E-state index contributed by atoms with van der Waals surface area (Å²) in [7, 11) is 0. The van der Waals surface area contributed by atoms with Crippen LogP contribution in [0.15, 0.2) is 16.6 Å². The minimum atomic E-state index is -0.349. The van der Waals surface area contributed by atoms with Gasteiger partial charge in [-0.05, 0) is 12.1 Å². The van der Waals surface area contributed by atoms with Crippen LogP contribution in [0.5, 0.6) is 11.5 Å². The molecule has 1 heterocycles. The second kappa shape index (κ2) is 3.68. The largest absolute Gasteiger partial charge is 0.454 e. The lowest BCUT2D eigenvalue weighted by Crippen LogP contribution is -2.23. The van der Waals surface area contributed by atoms with E-state index < -0.39 is 0 Å². The summed E-state index contributed by atoms with van der Waals surface area (Å²) in [4.78, 5) is 0. The molecule has 3 nitrogen and oxygen atoms in total. The predicted octanol–water partition coefficient (Wildman–Crippen LogP) is 2.45. The van der Waals surface area contributed by atoms with Gasteiger partial charge in [-0.25, -0.2) is 0 Å². The molecule has 1 aromatic carbocycles. The van der Waals surface area contributed by atoms with Crippen LogP contribution in [0, 0.1) is 0 Å². The minimum Gasteiger partial charge on any atom is -0.454 e. The van der Waals surface area contributed by atoms with Gasteiger partial charge in [0.05, 0.1) is 6.61 Å². The molecule has 0 spiro atoms. The maximum Gasteiger partial charge on any atom is 0.231 e. The fourth-order valence-corrected chi connectivity index (χ4v) is 2.51. The molecule has 0 aliphatic carbocycles. The fourth-order valence-electron chi connectivity index (χ4n) is 1.66. The van der Waals surface area contributed by atoms with E-state index in [1.165, 1.54) is 0 Å². The van der Waals surface area contributed by atoms with Gasteiger partial charge in [0, 0.05) is 15.5 Å². The smallest absolute Gasteiger partial charge is 0.231 e. The molecule has 0 saturated carbocycles. The third kappa shape index (κ3) is 1.72. The first-order chi connectivity index (χ1) is 7.06. The van der Waals surface area contributed by atoms with Gasteiger partial charge >= 0.3 is 0 Å². The lowest BCUT2D eigenvalue weighted by atomic mass is 9.85. The molecule has 0 bridgehead atoms. The molecular weight excluding hydrogens is 260 g/mol. The molecular formula is C11H13BrO3. The number of aliphatic hydroxyl groups excluding tert-OH is 1. The molecule has 1 aromatic rings. The molecule has 1 aliphatic rings. The highest BCUT2D eigenvalue weighted by Gasteiger charge is 2.30. The lowest BCUT2D eigenvalue weighted by molar-refractivity contribution is 0.169. The van der Waals surface area contributed by atoms with Gasteiger partial charge in [-0.3, -0.25) is 0 Å². The van der Waals surface area contributed by atoms with E-state index in [-0.39, 0.29) is 18.8 Å². The van der Waals surface area contributed by atoms with E-state index in [0.717, 1.165) is 21.5 Å². The average molecular weight is 273 g/mol. The number of hydrogen-bond acceptors (Lipinski definition) is 3. The van der Waals surface area contributed by atoms with Gasteiger partial charge in [0.1, 0.15) is 0 Å². The maximum absolute atomic E-state index is 9.39. The lowest BCUT2D eigenvalue weighted by Gasteiger charge is -2.24. The number of halogens is 1. The van der Waals surface area contributed by atoms with Crippen LogP contribution in [0.3, 0.4) is 0 Å². The first-order valence-electron chi connectivity index (χ1n) is 4.76. The topological polar surface area (TPSA) is 38.7 Å². The predicted molar refractivity (Wildman–Crippen MR) is 60.4 cm³/mol. The molecule has 0 aromatic heterocycles. The van der Waals surface area contributed by atoms with Crippen molar-refractivity contribution in [2.45, 2.75) is 19.3 Å². The molecule has 1 aliphatic heterocycles. The van der Waals surface area contributed by atoms with Gasteiger partial charge in [-0.1, -0.05) is 29.8 Å². The van der Waals surface area contributed by atoms with E-state index in [1.807, 2.05) is 26.0 Å². The van der Waals surface area contributed by atoms with Gasteiger partial charge < -0.3 is 14.6 Å². The van der Waals surface area contributed by atoms with Crippen molar-refractivity contribution in [3.8, 4) is 11.5 Å². The molecule has 0 amide bonds. The molecule has 0 atom stereocenters. The fraction of sp³-hybridized carbons (Fsp3) is 0.455. The number of fused-ring (bicyclic) bond motifs is 1. The summed E-state index contributed by atoms with van der Waals surface area (Å²) in [5.41, 5.74) is 0.609. The summed E-state index contributed by atoms with van der Waals surface area (Å²) in [6, 6.07) is 3.78. The third-order valence-corrected chi connectivity index (χ3v) is 3.22. The van der Waals surface area contributed by atoms with Crippen LogP contribution in [0.1, 0.15) is 19.4 Å². The van der Waals surface area contributed by atoms with Crippen molar-refractivity contribution in [1.29, 1.82) is 0 Å². The zero-order valence-electron chi connectivity index (χ0n) is 8.71. The van der Waals surface area contributed by atoms with Crippen molar-refractivity contribution < 1.29 is 14.6 Å². The quantitative estimate of drug-likeness (QED) is 0.899. The highest BCUT2D eigenvalue weighted by atomic mass is 79.9. The second-order valence-corrected chi connectivity index (χ2v) is 5.05. The number of benzene rings is 1. The van der Waals surface area contributed by atoms with E-state index in [4.69, 9.17) is 9.47 Å². The van der Waals surface area contributed by atoms with Crippen molar-refractivity contribution in [2.24, 2.45) is 0 Å². The van der Waals surface area contributed by atoms with Crippen LogP contribution in [-0.2, 0) is 5.41 Å². The summed E-state index contributed by atoms with van der Waals surface area (Å²) in [5.74, 6) is 1.48. The standard InChI is InChI=1S/C11H13BrO3/c1-11(2,5-13)9-7(12)3-4-8-10(9)15-6-14-8/h3-4,13H,5-6H2,1-2H3. The van der Waals surface area contributed by atoms with Gasteiger partial charge in [0.2, 0.25) is 6.79 Å². The van der Waals surface area contributed by atoms with Crippen molar-refractivity contribution in [3.05, 3.63) is 22.2 Å². The maximum atomic E-state index is 9.39. The number of ether oxygens (including phenoxy) is 2. The van der Waals surface area contributed by atoms with E-state index in [9.17, 15) is 5.11 Å². The van der Waals surface area contributed by atoms with Crippen LogP contribution < -0.4 is 9.47 Å². The Morgan fingerprint density at radius 3 is 2.80 bits per heavy atom. The van der Waals surface area contributed by atoms with Gasteiger partial charge in [-0.15, -0.1) is 0 Å². The van der Waals surface area contributed by atoms with Gasteiger partial charge in [0.15, 0.2) is 11.5 Å². The molecule has 82 valence electrons. The summed E-state index contributed by atoms with van der Waals surface area (Å²) in [6.45, 7) is 4.25. The summed E-state index contributed by atoms with van der Waals surface area (Å²) in [5, 5.41) is 9.39. The van der Waals surface area contributed by atoms with E-state index in [2.05, 4.69) is 15.9 Å². The van der Waals surface area contributed by atoms with Crippen molar-refractivity contribution >= 4 is 15.9 Å². The van der Waals surface area contributed by atoms with Crippen molar-refractivity contribution in [1.82, 2.24) is 0 Å². The van der Waals surface area contributed by atoms with Gasteiger partial charge in [0.25, 0.3) is 0 Å². The van der Waals surface area contributed by atoms with Crippen molar-refractivity contribution in [2.75, 3.05) is 13.4 Å². The summed E-state index contributed by atoms with van der Waals surface area (Å²) in [6.07, 6.45) is 0. The molecule has 1 N–H and O–H groups in total. The average Bonchev–Trinajstić information content (AvgIpc) is 2.64. The molecule has 2 rings (SSSR count). The Labute approximate surface area is 97.1 Å². The van der Waals surface area contributed by atoms with Crippen molar-refractivity contribution in [3.63, 3.8) is 0 Å². The van der Waals surface area contributed by atoms with E-state index in [1.54, 1.807) is 0 Å². The highest BCUT2D eigenvalue weighted by molar-refractivity contribution is 9.10. The van der Waals surface area contributed by atoms with E-state index in [0.29, 0.717) is 0 Å². The SMILES string of the molecule is CC(C)(CO)c1c(Br)ccc2c1OCO2. The monoisotopic (exact) mass is 272 g/mol. The third-order valence-electron chi connectivity index (χ3n) is 2.56.